The third-order valence-electron chi connectivity index (χ3n) is 2.35. The van der Waals surface area contributed by atoms with Crippen molar-refractivity contribution < 1.29 is 4.74 Å². The van der Waals surface area contributed by atoms with E-state index >= 15 is 0 Å². The van der Waals surface area contributed by atoms with Crippen LogP contribution in [0.3, 0.4) is 0 Å². The van der Waals surface area contributed by atoms with Crippen LogP contribution in [-0.2, 0) is 4.74 Å². The Balaban J connectivity index is 2.38. The Morgan fingerprint density at radius 1 is 1.27 bits per heavy atom. The zero-order valence-electron chi connectivity index (χ0n) is 8.68. The van der Waals surface area contributed by atoms with Gasteiger partial charge in [-0.2, -0.15) is 0 Å². The number of para-hydroxylation sites is 1. The highest BCUT2D eigenvalue weighted by Crippen LogP contribution is 2.15. The predicted molar refractivity (Wildman–Crippen MR) is 60.5 cm³/mol. The number of benzene rings is 1. The predicted octanol–water partition coefficient (Wildman–Crippen LogP) is 1.88. The van der Waals surface area contributed by atoms with E-state index in [4.69, 9.17) is 10.5 Å². The van der Waals surface area contributed by atoms with Crippen molar-refractivity contribution >= 4 is 10.9 Å². The summed E-state index contributed by atoms with van der Waals surface area (Å²) in [7, 11) is 1.64. The van der Waals surface area contributed by atoms with Gasteiger partial charge in [0.1, 0.15) is 0 Å². The third kappa shape index (κ3) is 2.14. The number of aromatic nitrogens is 1. The lowest BCUT2D eigenvalue weighted by Crippen LogP contribution is -2.17. The molecule has 0 amide bonds. The number of ether oxygens (including phenoxy) is 1. The Labute approximate surface area is 88.9 Å². The number of nitrogens with two attached hydrogens (primary N) is 1. The molecule has 0 saturated heterocycles. The van der Waals surface area contributed by atoms with Gasteiger partial charge in [0.05, 0.1) is 23.9 Å². The summed E-state index contributed by atoms with van der Waals surface area (Å²) in [6.07, 6.45) is 0. The van der Waals surface area contributed by atoms with Crippen LogP contribution in [0.25, 0.3) is 10.9 Å². The van der Waals surface area contributed by atoms with E-state index in [0.29, 0.717) is 6.61 Å². The number of pyridine rings is 1. The first-order valence-corrected chi connectivity index (χ1v) is 4.91. The number of nitrogens with zero attached hydrogens (tertiary/aromatic N) is 1. The lowest BCUT2D eigenvalue weighted by molar-refractivity contribution is 0.179. The van der Waals surface area contributed by atoms with Crippen LogP contribution in [0.15, 0.2) is 36.4 Å². The molecule has 0 radical (unpaired) electrons. The second-order valence-electron chi connectivity index (χ2n) is 3.49. The molecule has 3 heteroatoms. The second-order valence-corrected chi connectivity index (χ2v) is 3.49. The first-order chi connectivity index (χ1) is 7.31. The van der Waals surface area contributed by atoms with E-state index in [0.717, 1.165) is 16.6 Å². The van der Waals surface area contributed by atoms with Crippen molar-refractivity contribution in [1.29, 1.82) is 0 Å². The molecule has 1 heterocycles. The van der Waals surface area contributed by atoms with Crippen molar-refractivity contribution in [2.24, 2.45) is 5.73 Å². The van der Waals surface area contributed by atoms with Crippen LogP contribution in [0.4, 0.5) is 0 Å². The van der Waals surface area contributed by atoms with Gasteiger partial charge < -0.3 is 10.5 Å². The second kappa shape index (κ2) is 4.38. The molecular formula is C12H14N2O. The summed E-state index contributed by atoms with van der Waals surface area (Å²) in [5.74, 6) is 0. The minimum Gasteiger partial charge on any atom is -0.383 e. The molecule has 78 valence electrons. The lowest BCUT2D eigenvalue weighted by atomic mass is 10.1. The van der Waals surface area contributed by atoms with Crippen LogP contribution in [-0.4, -0.2) is 18.7 Å². The first-order valence-electron chi connectivity index (χ1n) is 4.91. The van der Waals surface area contributed by atoms with Crippen LogP contribution in [0.5, 0.6) is 0 Å². The van der Waals surface area contributed by atoms with Gasteiger partial charge in [0, 0.05) is 12.5 Å². The summed E-state index contributed by atoms with van der Waals surface area (Å²) in [6.45, 7) is 0.491. The maximum Gasteiger partial charge on any atom is 0.0707 e. The molecule has 0 spiro atoms. The average molecular weight is 202 g/mol. The maximum atomic E-state index is 5.91. The van der Waals surface area contributed by atoms with Crippen LogP contribution in [0.2, 0.25) is 0 Å². The number of rotatable bonds is 3. The van der Waals surface area contributed by atoms with E-state index in [2.05, 4.69) is 4.98 Å². The molecule has 1 atom stereocenters. The SMILES string of the molecule is COCC(N)c1ccc2ccccc2n1. The molecule has 2 aromatic rings. The molecule has 0 saturated carbocycles. The van der Waals surface area contributed by atoms with E-state index in [1.54, 1.807) is 7.11 Å². The molecule has 1 aromatic carbocycles. The van der Waals surface area contributed by atoms with E-state index in [1.807, 2.05) is 36.4 Å². The van der Waals surface area contributed by atoms with Gasteiger partial charge in [-0.25, -0.2) is 0 Å². The van der Waals surface area contributed by atoms with Crippen molar-refractivity contribution in [2.75, 3.05) is 13.7 Å². The standard InChI is InChI=1S/C12H14N2O/c1-15-8-10(13)12-7-6-9-4-2-3-5-11(9)14-12/h2-7,10H,8,13H2,1H3. The molecule has 1 unspecified atom stereocenters. The molecule has 0 aliphatic carbocycles. The summed E-state index contributed by atoms with van der Waals surface area (Å²) in [5, 5.41) is 1.13. The van der Waals surface area contributed by atoms with Gasteiger partial charge in [-0.05, 0) is 12.1 Å². The minimum absolute atomic E-state index is 0.153. The van der Waals surface area contributed by atoms with Crippen molar-refractivity contribution in [3.05, 3.63) is 42.1 Å². The average Bonchev–Trinajstić information content (AvgIpc) is 2.29. The van der Waals surface area contributed by atoms with Gasteiger partial charge >= 0.3 is 0 Å². The highest BCUT2D eigenvalue weighted by molar-refractivity contribution is 5.78. The molecular weight excluding hydrogens is 188 g/mol. The smallest absolute Gasteiger partial charge is 0.0707 e. The largest absolute Gasteiger partial charge is 0.383 e. The fourth-order valence-electron chi connectivity index (χ4n) is 1.55. The van der Waals surface area contributed by atoms with Crippen LogP contribution in [0.1, 0.15) is 11.7 Å². The van der Waals surface area contributed by atoms with E-state index in [1.165, 1.54) is 0 Å². The van der Waals surface area contributed by atoms with Gasteiger partial charge in [-0.3, -0.25) is 4.98 Å². The Kier molecular flexibility index (Phi) is 2.94. The highest BCUT2D eigenvalue weighted by atomic mass is 16.5. The summed E-state index contributed by atoms with van der Waals surface area (Å²) in [4.78, 5) is 4.49. The van der Waals surface area contributed by atoms with Gasteiger partial charge in [0.2, 0.25) is 0 Å². The normalized spacial score (nSPS) is 12.9. The van der Waals surface area contributed by atoms with Crippen molar-refractivity contribution in [3.8, 4) is 0 Å². The van der Waals surface area contributed by atoms with Gasteiger partial charge in [0.15, 0.2) is 0 Å². The van der Waals surface area contributed by atoms with Crippen molar-refractivity contribution in [1.82, 2.24) is 4.98 Å². The summed E-state index contributed by atoms with van der Waals surface area (Å²) in [6, 6.07) is 11.8. The number of methoxy groups -OCH3 is 1. The van der Waals surface area contributed by atoms with Crippen LogP contribution in [0, 0.1) is 0 Å². The summed E-state index contributed by atoms with van der Waals surface area (Å²) in [5.41, 5.74) is 7.75. The number of hydrogen-bond donors (Lipinski definition) is 1. The Morgan fingerprint density at radius 3 is 2.87 bits per heavy atom. The van der Waals surface area contributed by atoms with E-state index in [9.17, 15) is 0 Å². The zero-order chi connectivity index (χ0) is 10.7. The third-order valence-corrected chi connectivity index (χ3v) is 2.35. The lowest BCUT2D eigenvalue weighted by Gasteiger charge is -2.10. The number of hydrogen-bond acceptors (Lipinski definition) is 3. The van der Waals surface area contributed by atoms with Crippen molar-refractivity contribution in [3.63, 3.8) is 0 Å². The van der Waals surface area contributed by atoms with Gasteiger partial charge in [0.25, 0.3) is 0 Å². The van der Waals surface area contributed by atoms with E-state index in [-0.39, 0.29) is 6.04 Å². The van der Waals surface area contributed by atoms with Crippen molar-refractivity contribution in [2.45, 2.75) is 6.04 Å². The quantitative estimate of drug-likeness (QED) is 0.826. The van der Waals surface area contributed by atoms with Crippen LogP contribution >= 0.6 is 0 Å². The Morgan fingerprint density at radius 2 is 2.07 bits per heavy atom. The molecule has 1 aromatic heterocycles. The highest BCUT2D eigenvalue weighted by Gasteiger charge is 2.07. The molecule has 0 aliphatic heterocycles. The monoisotopic (exact) mass is 202 g/mol. The molecule has 2 N–H and O–H groups in total. The molecule has 0 fully saturated rings. The fraction of sp³-hybridized carbons (Fsp3) is 0.250. The maximum absolute atomic E-state index is 5.91. The zero-order valence-corrected chi connectivity index (χ0v) is 8.68. The molecule has 3 nitrogen and oxygen atoms in total. The minimum atomic E-state index is -0.153. The van der Waals surface area contributed by atoms with E-state index < -0.39 is 0 Å². The van der Waals surface area contributed by atoms with Gasteiger partial charge in [-0.15, -0.1) is 0 Å². The van der Waals surface area contributed by atoms with Gasteiger partial charge in [-0.1, -0.05) is 24.3 Å². The number of fused-ring (bicyclic) bond motifs is 1. The Bertz CT molecular complexity index is 456. The molecule has 0 bridgehead atoms. The molecule has 2 rings (SSSR count). The Hall–Kier alpha value is -1.45. The first kappa shape index (κ1) is 10.1. The molecule has 15 heavy (non-hydrogen) atoms. The molecule has 0 aliphatic rings. The summed E-state index contributed by atoms with van der Waals surface area (Å²) < 4.78 is 5.01. The summed E-state index contributed by atoms with van der Waals surface area (Å²) >= 11 is 0. The fourth-order valence-corrected chi connectivity index (χ4v) is 1.55. The van der Waals surface area contributed by atoms with Crippen LogP contribution < -0.4 is 5.73 Å². The topological polar surface area (TPSA) is 48.1 Å².